The Bertz CT molecular complexity index is 3160. The SMILES string of the molecule is c1ccc(-c2ccc(-c3c4ccccc4c(-c4ccc(-c5ccc6c7c8ccccc8ccc7n(-c7ccccc7)c6c5)nc4)c4ccccc34)cc2)cc1. The van der Waals surface area contributed by atoms with Crippen LogP contribution in [0.1, 0.15) is 0 Å². The van der Waals surface area contributed by atoms with Crippen LogP contribution >= 0.6 is 0 Å². The summed E-state index contributed by atoms with van der Waals surface area (Å²) in [6.07, 6.45) is 2.06. The minimum Gasteiger partial charge on any atom is -0.309 e. The highest BCUT2D eigenvalue weighted by Crippen LogP contribution is 2.44. The fourth-order valence-electron chi connectivity index (χ4n) is 8.72. The molecule has 0 radical (unpaired) electrons. The highest BCUT2D eigenvalue weighted by atomic mass is 15.0. The average Bonchev–Trinajstić information content (AvgIpc) is 3.60. The topological polar surface area (TPSA) is 17.8 Å². The van der Waals surface area contributed by atoms with Gasteiger partial charge in [0.15, 0.2) is 0 Å². The first kappa shape index (κ1) is 31.3. The van der Waals surface area contributed by atoms with Gasteiger partial charge in [0.05, 0.1) is 16.7 Å². The molecule has 0 aliphatic carbocycles. The van der Waals surface area contributed by atoms with Gasteiger partial charge in [0.25, 0.3) is 0 Å². The normalized spacial score (nSPS) is 11.6. The van der Waals surface area contributed by atoms with Gasteiger partial charge in [-0.15, -0.1) is 0 Å². The molecule has 0 saturated carbocycles. The van der Waals surface area contributed by atoms with E-state index in [0.717, 1.165) is 22.5 Å². The van der Waals surface area contributed by atoms with Crippen molar-refractivity contribution < 1.29 is 0 Å². The van der Waals surface area contributed by atoms with Gasteiger partial charge in [-0.25, -0.2) is 0 Å². The largest absolute Gasteiger partial charge is 0.309 e. The van der Waals surface area contributed by atoms with E-state index in [1.807, 2.05) is 0 Å². The number of benzene rings is 9. The molecule has 0 atom stereocenters. The van der Waals surface area contributed by atoms with Gasteiger partial charge < -0.3 is 4.57 Å². The Balaban J connectivity index is 1.05. The van der Waals surface area contributed by atoms with Gasteiger partial charge in [-0.05, 0) is 90.5 Å². The number of para-hydroxylation sites is 1. The Hall–Kier alpha value is -7.29. The number of hydrogen-bond acceptors (Lipinski definition) is 1. The zero-order chi connectivity index (χ0) is 36.3. The minimum atomic E-state index is 0.948. The second-order valence-electron chi connectivity index (χ2n) is 14.3. The molecule has 11 aromatic rings. The average molecular weight is 699 g/mol. The first-order valence-electron chi connectivity index (χ1n) is 18.9. The lowest BCUT2D eigenvalue weighted by Gasteiger charge is -2.18. The summed E-state index contributed by atoms with van der Waals surface area (Å²) >= 11 is 0. The third-order valence-electron chi connectivity index (χ3n) is 11.2. The van der Waals surface area contributed by atoms with Crippen molar-refractivity contribution in [2.45, 2.75) is 0 Å². The molecule has 0 fully saturated rings. The maximum atomic E-state index is 5.16. The minimum absolute atomic E-state index is 0.948. The highest BCUT2D eigenvalue weighted by Gasteiger charge is 2.19. The van der Waals surface area contributed by atoms with Crippen molar-refractivity contribution in [2.75, 3.05) is 0 Å². The summed E-state index contributed by atoms with van der Waals surface area (Å²) in [5, 5.41) is 9.95. The van der Waals surface area contributed by atoms with Gasteiger partial charge in [-0.1, -0.05) is 170 Å². The summed E-state index contributed by atoms with van der Waals surface area (Å²) in [6, 6.07) is 72.3. The van der Waals surface area contributed by atoms with E-state index in [4.69, 9.17) is 4.98 Å². The van der Waals surface area contributed by atoms with Crippen LogP contribution in [0.5, 0.6) is 0 Å². The first-order valence-corrected chi connectivity index (χ1v) is 18.9. The molecule has 2 heterocycles. The van der Waals surface area contributed by atoms with Crippen LogP contribution in [0.25, 0.3) is 104 Å². The lowest BCUT2D eigenvalue weighted by atomic mass is 9.86. The summed E-state index contributed by atoms with van der Waals surface area (Å²) in [6.45, 7) is 0. The second kappa shape index (κ2) is 12.7. The Morgan fingerprint density at radius 1 is 0.327 bits per heavy atom. The van der Waals surface area contributed by atoms with Crippen molar-refractivity contribution in [3.05, 3.63) is 206 Å². The summed E-state index contributed by atoms with van der Waals surface area (Å²) in [4.78, 5) is 5.16. The number of fused-ring (bicyclic) bond motifs is 7. The maximum absolute atomic E-state index is 5.16. The molecule has 2 nitrogen and oxygen atoms in total. The number of rotatable bonds is 5. The van der Waals surface area contributed by atoms with Crippen LogP contribution in [0, 0.1) is 0 Å². The molecule has 2 aromatic heterocycles. The third-order valence-corrected chi connectivity index (χ3v) is 11.2. The van der Waals surface area contributed by atoms with Gasteiger partial charge in [0, 0.05) is 33.8 Å². The van der Waals surface area contributed by atoms with Gasteiger partial charge in [0.2, 0.25) is 0 Å². The number of hydrogen-bond donors (Lipinski definition) is 0. The van der Waals surface area contributed by atoms with Crippen molar-refractivity contribution in [2.24, 2.45) is 0 Å². The van der Waals surface area contributed by atoms with E-state index in [1.165, 1.54) is 81.9 Å². The molecule has 55 heavy (non-hydrogen) atoms. The maximum Gasteiger partial charge on any atom is 0.0703 e. The zero-order valence-corrected chi connectivity index (χ0v) is 30.0. The van der Waals surface area contributed by atoms with E-state index in [9.17, 15) is 0 Å². The number of aromatic nitrogens is 2. The number of nitrogens with zero attached hydrogens (tertiary/aromatic N) is 2. The predicted molar refractivity (Wildman–Crippen MR) is 233 cm³/mol. The number of pyridine rings is 1. The molecule has 0 spiro atoms. The molecule has 0 saturated heterocycles. The summed E-state index contributed by atoms with van der Waals surface area (Å²) < 4.78 is 2.39. The Kier molecular flexibility index (Phi) is 7.21. The fraction of sp³-hybridized carbons (Fsp3) is 0. The second-order valence-corrected chi connectivity index (χ2v) is 14.3. The molecule has 0 unspecified atom stereocenters. The van der Waals surface area contributed by atoms with E-state index in [0.29, 0.717) is 0 Å². The quantitative estimate of drug-likeness (QED) is 0.164. The molecule has 0 aliphatic heterocycles. The van der Waals surface area contributed by atoms with Crippen LogP contribution in [0.2, 0.25) is 0 Å². The molecule has 2 heteroatoms. The Labute approximate surface area is 319 Å². The lowest BCUT2D eigenvalue weighted by Crippen LogP contribution is -1.94. The van der Waals surface area contributed by atoms with E-state index in [2.05, 4.69) is 211 Å². The van der Waals surface area contributed by atoms with Crippen molar-refractivity contribution in [1.82, 2.24) is 9.55 Å². The van der Waals surface area contributed by atoms with E-state index >= 15 is 0 Å². The molecule has 9 aromatic carbocycles. The van der Waals surface area contributed by atoms with Crippen LogP contribution in [0.15, 0.2) is 206 Å². The van der Waals surface area contributed by atoms with Gasteiger partial charge in [-0.2, -0.15) is 0 Å². The molecule has 0 aliphatic rings. The molecular formula is C53H34N2. The molecular weight excluding hydrogens is 665 g/mol. The summed E-state index contributed by atoms with van der Waals surface area (Å²) in [7, 11) is 0. The standard InChI is InChI=1S/C53H34N2/c1-3-13-35(14-4-1)36-23-25-38(26-24-36)51-43-19-9-11-21-45(43)52(46-22-12-10-20-44(46)51)40-28-31-48(54-34-40)39-27-30-47-50(33-39)55(41-16-5-2-6-17-41)49-32-29-37-15-7-8-18-42(37)53(47)49/h1-34H. The lowest BCUT2D eigenvalue weighted by molar-refractivity contribution is 1.18. The fourth-order valence-corrected chi connectivity index (χ4v) is 8.72. The molecule has 0 amide bonds. The van der Waals surface area contributed by atoms with Gasteiger partial charge in [-0.3, -0.25) is 4.98 Å². The highest BCUT2D eigenvalue weighted by molar-refractivity contribution is 6.23. The predicted octanol–water partition coefficient (Wildman–Crippen LogP) is 14.3. The Morgan fingerprint density at radius 2 is 0.855 bits per heavy atom. The summed E-state index contributed by atoms with van der Waals surface area (Å²) in [5.74, 6) is 0. The van der Waals surface area contributed by atoms with Crippen LogP contribution in [-0.4, -0.2) is 9.55 Å². The van der Waals surface area contributed by atoms with Gasteiger partial charge in [0.1, 0.15) is 0 Å². The third kappa shape index (κ3) is 5.07. The van der Waals surface area contributed by atoms with Crippen molar-refractivity contribution in [3.63, 3.8) is 0 Å². The molecule has 11 rings (SSSR count). The van der Waals surface area contributed by atoms with Crippen molar-refractivity contribution >= 4 is 54.1 Å². The summed E-state index contributed by atoms with van der Waals surface area (Å²) in [5.41, 5.74) is 12.8. The zero-order valence-electron chi connectivity index (χ0n) is 30.0. The van der Waals surface area contributed by atoms with E-state index in [-0.39, 0.29) is 0 Å². The van der Waals surface area contributed by atoms with Crippen molar-refractivity contribution in [1.29, 1.82) is 0 Å². The smallest absolute Gasteiger partial charge is 0.0703 e. The first-order chi connectivity index (χ1) is 27.3. The Morgan fingerprint density at radius 3 is 1.51 bits per heavy atom. The van der Waals surface area contributed by atoms with Crippen LogP contribution in [0.3, 0.4) is 0 Å². The van der Waals surface area contributed by atoms with Gasteiger partial charge >= 0.3 is 0 Å². The van der Waals surface area contributed by atoms with Crippen LogP contribution < -0.4 is 0 Å². The molecule has 0 N–H and O–H groups in total. The van der Waals surface area contributed by atoms with Crippen LogP contribution in [-0.2, 0) is 0 Å². The van der Waals surface area contributed by atoms with Crippen molar-refractivity contribution in [3.8, 4) is 50.3 Å². The molecule has 256 valence electrons. The van der Waals surface area contributed by atoms with E-state index < -0.39 is 0 Å². The molecule has 0 bridgehead atoms. The monoisotopic (exact) mass is 698 g/mol. The van der Waals surface area contributed by atoms with E-state index in [1.54, 1.807) is 0 Å². The van der Waals surface area contributed by atoms with Crippen LogP contribution in [0.4, 0.5) is 0 Å².